The monoisotopic (exact) mass is 331 g/mol. The number of rotatable bonds is 2. The minimum absolute atomic E-state index is 0.0269. The molecule has 0 aliphatic carbocycles. The normalized spacial score (nSPS) is 19.5. The molecular formula is C17H14FNO3S. The molecule has 1 amide bonds. The van der Waals surface area contributed by atoms with Gasteiger partial charge in [-0.1, -0.05) is 12.1 Å². The predicted molar refractivity (Wildman–Crippen MR) is 86.4 cm³/mol. The lowest BCUT2D eigenvalue weighted by molar-refractivity contribution is -0.115. The third-order valence-corrected chi connectivity index (χ3v) is 5.20. The number of aryl methyl sites for hydroxylation is 1. The molecule has 2 heterocycles. The van der Waals surface area contributed by atoms with E-state index in [0.29, 0.717) is 28.5 Å². The Balaban J connectivity index is 1.72. The number of anilines is 1. The molecule has 0 spiro atoms. The number of fused-ring (bicyclic) bond motifs is 1. The van der Waals surface area contributed by atoms with Gasteiger partial charge in [0.25, 0.3) is 0 Å². The summed E-state index contributed by atoms with van der Waals surface area (Å²) in [6.45, 7) is 1.91. The number of hydrogen-bond acceptors (Lipinski definition) is 4. The topological polar surface area (TPSA) is 38.8 Å². The Bertz CT molecular complexity index is 795. The summed E-state index contributed by atoms with van der Waals surface area (Å²) in [6, 6.07) is 10.5. The molecular weight excluding hydrogens is 317 g/mol. The molecule has 0 aromatic heterocycles. The van der Waals surface area contributed by atoms with Gasteiger partial charge < -0.3 is 9.47 Å². The second-order valence-electron chi connectivity index (χ2n) is 5.47. The summed E-state index contributed by atoms with van der Waals surface area (Å²) in [6.07, 6.45) is 0. The molecule has 23 heavy (non-hydrogen) atoms. The van der Waals surface area contributed by atoms with Crippen LogP contribution in [-0.4, -0.2) is 18.5 Å². The Morgan fingerprint density at radius 3 is 2.83 bits per heavy atom. The van der Waals surface area contributed by atoms with Crippen LogP contribution in [0.4, 0.5) is 10.1 Å². The number of carbonyl (C=O) groups excluding carboxylic acids is 1. The van der Waals surface area contributed by atoms with Crippen molar-refractivity contribution < 1.29 is 18.7 Å². The van der Waals surface area contributed by atoms with Gasteiger partial charge in [0.15, 0.2) is 11.5 Å². The number of hydrogen-bond donors (Lipinski definition) is 0. The first-order chi connectivity index (χ1) is 11.1. The van der Waals surface area contributed by atoms with Crippen molar-refractivity contribution >= 4 is 23.4 Å². The van der Waals surface area contributed by atoms with E-state index in [9.17, 15) is 9.18 Å². The molecule has 0 bridgehead atoms. The molecule has 1 saturated heterocycles. The Morgan fingerprint density at radius 1 is 1.17 bits per heavy atom. The SMILES string of the molecule is Cc1ccc(N2C(=O)CSC2c2ccc3c(c2)OCO3)cc1F. The fourth-order valence-electron chi connectivity index (χ4n) is 2.75. The molecule has 2 aliphatic heterocycles. The number of nitrogens with zero attached hydrogens (tertiary/aromatic N) is 1. The molecule has 2 aromatic carbocycles. The average molecular weight is 331 g/mol. The highest BCUT2D eigenvalue weighted by Gasteiger charge is 2.35. The average Bonchev–Trinajstić information content (AvgIpc) is 3.15. The van der Waals surface area contributed by atoms with Crippen LogP contribution in [0.3, 0.4) is 0 Å². The van der Waals surface area contributed by atoms with Gasteiger partial charge in [-0.15, -0.1) is 11.8 Å². The Labute approximate surface area is 137 Å². The van der Waals surface area contributed by atoms with Crippen molar-refractivity contribution in [3.63, 3.8) is 0 Å². The molecule has 1 unspecified atom stereocenters. The van der Waals surface area contributed by atoms with Crippen LogP contribution >= 0.6 is 11.8 Å². The van der Waals surface area contributed by atoms with Gasteiger partial charge in [0, 0.05) is 5.69 Å². The van der Waals surface area contributed by atoms with E-state index < -0.39 is 0 Å². The second kappa shape index (κ2) is 5.45. The van der Waals surface area contributed by atoms with Crippen LogP contribution in [0.25, 0.3) is 0 Å². The van der Waals surface area contributed by atoms with Crippen LogP contribution in [-0.2, 0) is 4.79 Å². The van der Waals surface area contributed by atoms with Crippen molar-refractivity contribution in [1.29, 1.82) is 0 Å². The zero-order valence-electron chi connectivity index (χ0n) is 12.4. The molecule has 1 atom stereocenters. The summed E-state index contributed by atoms with van der Waals surface area (Å²) in [5.41, 5.74) is 2.07. The number of thioether (sulfide) groups is 1. The first-order valence-corrected chi connectivity index (χ1v) is 8.28. The molecule has 0 N–H and O–H groups in total. The summed E-state index contributed by atoms with van der Waals surface area (Å²) in [7, 11) is 0. The summed E-state index contributed by atoms with van der Waals surface area (Å²) in [4.78, 5) is 14.0. The van der Waals surface area contributed by atoms with E-state index >= 15 is 0 Å². The fraction of sp³-hybridized carbons (Fsp3) is 0.235. The first kappa shape index (κ1) is 14.4. The zero-order valence-corrected chi connectivity index (χ0v) is 13.2. The van der Waals surface area contributed by atoms with Crippen molar-refractivity contribution in [2.75, 3.05) is 17.4 Å². The van der Waals surface area contributed by atoms with E-state index in [-0.39, 0.29) is 23.9 Å². The summed E-state index contributed by atoms with van der Waals surface area (Å²) >= 11 is 1.52. The van der Waals surface area contributed by atoms with Crippen molar-refractivity contribution in [2.45, 2.75) is 12.3 Å². The predicted octanol–water partition coefficient (Wildman–Crippen LogP) is 3.64. The van der Waals surface area contributed by atoms with E-state index in [1.807, 2.05) is 18.2 Å². The van der Waals surface area contributed by atoms with Gasteiger partial charge in [0.05, 0.1) is 5.75 Å². The molecule has 1 fully saturated rings. The van der Waals surface area contributed by atoms with Crippen LogP contribution in [0.1, 0.15) is 16.5 Å². The highest BCUT2D eigenvalue weighted by atomic mass is 32.2. The molecule has 4 nitrogen and oxygen atoms in total. The highest BCUT2D eigenvalue weighted by Crippen LogP contribution is 2.44. The Kier molecular flexibility index (Phi) is 3.41. The van der Waals surface area contributed by atoms with Crippen molar-refractivity contribution in [2.24, 2.45) is 0 Å². The number of halogens is 1. The standard InChI is InChI=1S/C17H14FNO3S/c1-10-2-4-12(7-13(10)18)19-16(20)8-23-17(19)11-3-5-14-15(6-11)22-9-21-14/h2-7,17H,8-9H2,1H3. The highest BCUT2D eigenvalue weighted by molar-refractivity contribution is 8.00. The maximum absolute atomic E-state index is 13.9. The van der Waals surface area contributed by atoms with Gasteiger partial charge >= 0.3 is 0 Å². The van der Waals surface area contributed by atoms with Crippen LogP contribution in [0.5, 0.6) is 11.5 Å². The Hall–Kier alpha value is -2.21. The first-order valence-electron chi connectivity index (χ1n) is 7.23. The molecule has 0 saturated carbocycles. The molecule has 0 radical (unpaired) electrons. The second-order valence-corrected chi connectivity index (χ2v) is 6.54. The number of carbonyl (C=O) groups is 1. The van der Waals surface area contributed by atoms with E-state index in [2.05, 4.69) is 0 Å². The van der Waals surface area contributed by atoms with Gasteiger partial charge in [-0.25, -0.2) is 4.39 Å². The molecule has 6 heteroatoms. The number of benzene rings is 2. The Morgan fingerprint density at radius 2 is 2.00 bits per heavy atom. The van der Waals surface area contributed by atoms with Gasteiger partial charge in [0.1, 0.15) is 11.2 Å². The minimum Gasteiger partial charge on any atom is -0.454 e. The minimum atomic E-state index is -0.309. The molecule has 2 aliphatic rings. The number of amides is 1. The third-order valence-electron chi connectivity index (χ3n) is 3.98. The van der Waals surface area contributed by atoms with Crippen molar-refractivity contribution in [1.82, 2.24) is 0 Å². The molecule has 2 aromatic rings. The molecule has 118 valence electrons. The van der Waals surface area contributed by atoms with Gasteiger partial charge in [0.2, 0.25) is 12.7 Å². The van der Waals surface area contributed by atoms with Crippen LogP contribution in [0, 0.1) is 12.7 Å². The van der Waals surface area contributed by atoms with Crippen molar-refractivity contribution in [3.8, 4) is 11.5 Å². The summed E-state index contributed by atoms with van der Waals surface area (Å²) in [5, 5.41) is -0.195. The van der Waals surface area contributed by atoms with Gasteiger partial charge in [-0.3, -0.25) is 9.69 Å². The van der Waals surface area contributed by atoms with Gasteiger partial charge in [-0.2, -0.15) is 0 Å². The van der Waals surface area contributed by atoms with E-state index in [0.717, 1.165) is 5.56 Å². The van der Waals surface area contributed by atoms with Crippen LogP contribution < -0.4 is 14.4 Å². The largest absolute Gasteiger partial charge is 0.454 e. The van der Waals surface area contributed by atoms with Crippen LogP contribution in [0.15, 0.2) is 36.4 Å². The lowest BCUT2D eigenvalue weighted by atomic mass is 10.1. The molecule has 4 rings (SSSR count). The quantitative estimate of drug-likeness (QED) is 0.842. The summed E-state index contributed by atoms with van der Waals surface area (Å²) in [5.74, 6) is 1.42. The summed E-state index contributed by atoms with van der Waals surface area (Å²) < 4.78 is 24.6. The maximum Gasteiger partial charge on any atom is 0.238 e. The van der Waals surface area contributed by atoms with Crippen molar-refractivity contribution in [3.05, 3.63) is 53.3 Å². The zero-order chi connectivity index (χ0) is 16.0. The maximum atomic E-state index is 13.9. The van der Waals surface area contributed by atoms with Crippen LogP contribution in [0.2, 0.25) is 0 Å². The fourth-order valence-corrected chi connectivity index (χ4v) is 3.92. The van der Waals surface area contributed by atoms with E-state index in [4.69, 9.17) is 9.47 Å². The lowest BCUT2D eigenvalue weighted by Crippen LogP contribution is -2.27. The third kappa shape index (κ3) is 2.43. The smallest absolute Gasteiger partial charge is 0.238 e. The lowest BCUT2D eigenvalue weighted by Gasteiger charge is -2.24. The van der Waals surface area contributed by atoms with E-state index in [1.165, 1.54) is 17.8 Å². The van der Waals surface area contributed by atoms with E-state index in [1.54, 1.807) is 24.0 Å². The van der Waals surface area contributed by atoms with Gasteiger partial charge in [-0.05, 0) is 42.3 Å². The number of ether oxygens (including phenoxy) is 2.